The van der Waals surface area contributed by atoms with Gasteiger partial charge < -0.3 is 35.0 Å². The lowest BCUT2D eigenvalue weighted by Gasteiger charge is -2.35. The summed E-state index contributed by atoms with van der Waals surface area (Å²) in [6.45, 7) is 7.35. The summed E-state index contributed by atoms with van der Waals surface area (Å²) in [6, 6.07) is 1.70. The molecule has 2 rings (SSSR count). The average molecular weight is 465 g/mol. The minimum Gasteiger partial charge on any atom is -0.507 e. The van der Waals surface area contributed by atoms with Crippen LogP contribution < -0.4 is 4.74 Å². The van der Waals surface area contributed by atoms with E-state index in [2.05, 4.69) is 6.08 Å². The smallest absolute Gasteiger partial charge is 0.303 e. The van der Waals surface area contributed by atoms with Crippen molar-refractivity contribution in [2.24, 2.45) is 0 Å². The molecule has 5 N–H and O–H groups in total. The average Bonchev–Trinajstić information content (AvgIpc) is 2.77. The number of rotatable bonds is 10. The molecule has 184 valence electrons. The Balaban J connectivity index is 2.06. The number of aliphatic hydroxyl groups excluding tert-OH is 3. The van der Waals surface area contributed by atoms with Gasteiger partial charge in [0.15, 0.2) is 0 Å². The van der Waals surface area contributed by atoms with E-state index in [0.29, 0.717) is 35.3 Å². The number of ether oxygens (including phenoxy) is 2. The number of benzene rings is 1. The van der Waals surface area contributed by atoms with Crippen LogP contribution in [0.15, 0.2) is 29.4 Å². The zero-order valence-corrected chi connectivity index (χ0v) is 19.7. The predicted octanol–water partition coefficient (Wildman–Crippen LogP) is 2.91. The van der Waals surface area contributed by atoms with Crippen LogP contribution in [-0.4, -0.2) is 62.7 Å². The van der Waals surface area contributed by atoms with Crippen molar-refractivity contribution < 1.29 is 39.8 Å². The van der Waals surface area contributed by atoms with Gasteiger partial charge in [-0.3, -0.25) is 4.79 Å². The van der Waals surface area contributed by atoms with Crippen LogP contribution >= 0.6 is 0 Å². The summed E-state index contributed by atoms with van der Waals surface area (Å²) in [7, 11) is 0. The molecular formula is C25H36O8. The van der Waals surface area contributed by atoms with E-state index in [1.807, 2.05) is 19.9 Å². The molecule has 0 bridgehead atoms. The van der Waals surface area contributed by atoms with Crippen LogP contribution in [0.3, 0.4) is 0 Å². The Morgan fingerprint density at radius 3 is 2.39 bits per heavy atom. The lowest BCUT2D eigenvalue weighted by molar-refractivity contribution is -0.242. The highest BCUT2D eigenvalue weighted by Gasteiger charge is 2.39. The van der Waals surface area contributed by atoms with Crippen LogP contribution in [0.25, 0.3) is 0 Å². The van der Waals surface area contributed by atoms with Crippen molar-refractivity contribution in [2.45, 2.75) is 84.4 Å². The Morgan fingerprint density at radius 1 is 1.06 bits per heavy atom. The molecule has 0 unspecified atom stereocenters. The number of phenolic OH excluding ortho intramolecular Hbond substituents is 1. The molecule has 1 aliphatic heterocycles. The summed E-state index contributed by atoms with van der Waals surface area (Å²) in [6.07, 6.45) is 1.80. The number of carboxylic acids is 1. The van der Waals surface area contributed by atoms with Gasteiger partial charge in [-0.15, -0.1) is 0 Å². The Hall–Kier alpha value is -2.39. The van der Waals surface area contributed by atoms with Crippen molar-refractivity contribution in [1.82, 2.24) is 0 Å². The SMILES string of the molecule is C/C(=C\Cc1cc(O[C@@H]2OC[C@@H](O)[C@H](O)[C@H]2O)c(C)c(C)c1O)CC/C=C(\C)CCC(=O)O. The second-order valence-electron chi connectivity index (χ2n) is 8.74. The van der Waals surface area contributed by atoms with Crippen LogP contribution in [0.4, 0.5) is 0 Å². The molecule has 0 aromatic heterocycles. The zero-order valence-electron chi connectivity index (χ0n) is 19.7. The molecule has 0 spiro atoms. The van der Waals surface area contributed by atoms with Gasteiger partial charge in [0.05, 0.1) is 6.61 Å². The maximum atomic E-state index is 10.7. The maximum absolute atomic E-state index is 10.7. The first-order valence-electron chi connectivity index (χ1n) is 11.2. The summed E-state index contributed by atoms with van der Waals surface area (Å²) in [5.41, 5.74) is 4.20. The quantitative estimate of drug-likeness (QED) is 0.334. The molecule has 0 amide bonds. The molecule has 1 aliphatic rings. The van der Waals surface area contributed by atoms with Gasteiger partial charge >= 0.3 is 5.97 Å². The summed E-state index contributed by atoms with van der Waals surface area (Å²) >= 11 is 0. The molecule has 1 saturated heterocycles. The van der Waals surface area contributed by atoms with Gasteiger partial charge in [0.2, 0.25) is 6.29 Å². The van der Waals surface area contributed by atoms with Crippen molar-refractivity contribution >= 4 is 5.97 Å². The predicted molar refractivity (Wildman–Crippen MR) is 123 cm³/mol. The van der Waals surface area contributed by atoms with E-state index in [9.17, 15) is 25.2 Å². The molecule has 1 aromatic carbocycles. The first-order chi connectivity index (χ1) is 15.5. The minimum absolute atomic E-state index is 0.135. The zero-order chi connectivity index (χ0) is 24.7. The number of hydrogen-bond donors (Lipinski definition) is 5. The molecule has 0 saturated carbocycles. The van der Waals surface area contributed by atoms with Gasteiger partial charge in [0, 0.05) is 12.0 Å². The van der Waals surface area contributed by atoms with E-state index in [0.717, 1.165) is 24.0 Å². The van der Waals surface area contributed by atoms with Crippen LogP contribution in [-0.2, 0) is 16.0 Å². The summed E-state index contributed by atoms with van der Waals surface area (Å²) in [5.74, 6) is -0.196. The van der Waals surface area contributed by atoms with Gasteiger partial charge in [-0.05, 0) is 70.6 Å². The molecule has 1 aromatic rings. The van der Waals surface area contributed by atoms with Crippen molar-refractivity contribution in [1.29, 1.82) is 0 Å². The fraction of sp³-hybridized carbons (Fsp3) is 0.560. The first-order valence-corrected chi connectivity index (χ1v) is 11.2. The fourth-order valence-corrected chi connectivity index (χ4v) is 3.56. The number of aromatic hydroxyl groups is 1. The summed E-state index contributed by atoms with van der Waals surface area (Å²) < 4.78 is 11.1. The van der Waals surface area contributed by atoms with E-state index < -0.39 is 30.6 Å². The molecular weight excluding hydrogens is 428 g/mol. The number of aliphatic hydroxyl groups is 3. The minimum atomic E-state index is -1.40. The number of allylic oxidation sites excluding steroid dienone is 4. The number of hydrogen-bond acceptors (Lipinski definition) is 7. The third-order valence-corrected chi connectivity index (χ3v) is 6.03. The molecule has 0 aliphatic carbocycles. The van der Waals surface area contributed by atoms with Crippen LogP contribution in [0.1, 0.15) is 56.2 Å². The fourth-order valence-electron chi connectivity index (χ4n) is 3.56. The van der Waals surface area contributed by atoms with Crippen LogP contribution in [0.2, 0.25) is 0 Å². The Kier molecular flexibility index (Phi) is 9.91. The highest BCUT2D eigenvalue weighted by atomic mass is 16.7. The summed E-state index contributed by atoms with van der Waals surface area (Å²) in [5, 5.41) is 49.0. The van der Waals surface area contributed by atoms with Gasteiger partial charge in [-0.1, -0.05) is 23.3 Å². The number of carboxylic acid groups (broad SMARTS) is 1. The Bertz CT molecular complexity index is 889. The highest BCUT2D eigenvalue weighted by Crippen LogP contribution is 2.35. The lowest BCUT2D eigenvalue weighted by atomic mass is 9.99. The van der Waals surface area contributed by atoms with Gasteiger partial charge in [0.25, 0.3) is 0 Å². The van der Waals surface area contributed by atoms with Crippen molar-refractivity contribution in [3.05, 3.63) is 46.1 Å². The van der Waals surface area contributed by atoms with E-state index >= 15 is 0 Å². The van der Waals surface area contributed by atoms with Gasteiger partial charge in [0.1, 0.15) is 29.8 Å². The molecule has 0 radical (unpaired) electrons. The van der Waals surface area contributed by atoms with E-state index in [4.69, 9.17) is 14.6 Å². The van der Waals surface area contributed by atoms with Gasteiger partial charge in [-0.2, -0.15) is 0 Å². The lowest BCUT2D eigenvalue weighted by Crippen LogP contribution is -2.54. The number of aliphatic carboxylic acids is 1. The second-order valence-corrected chi connectivity index (χ2v) is 8.74. The highest BCUT2D eigenvalue weighted by molar-refractivity contribution is 5.67. The van der Waals surface area contributed by atoms with Crippen molar-refractivity contribution in [2.75, 3.05) is 6.61 Å². The van der Waals surface area contributed by atoms with Crippen molar-refractivity contribution in [3.63, 3.8) is 0 Å². The number of carbonyl (C=O) groups is 1. The van der Waals surface area contributed by atoms with Crippen molar-refractivity contribution in [3.8, 4) is 11.5 Å². The Morgan fingerprint density at radius 2 is 1.73 bits per heavy atom. The molecule has 1 fully saturated rings. The van der Waals surface area contributed by atoms with Crippen LogP contribution in [0.5, 0.6) is 11.5 Å². The number of phenols is 1. The second kappa shape index (κ2) is 12.2. The van der Waals surface area contributed by atoms with E-state index in [-0.39, 0.29) is 18.8 Å². The Labute approximate surface area is 194 Å². The topological polar surface area (TPSA) is 137 Å². The van der Waals surface area contributed by atoms with Crippen LogP contribution in [0, 0.1) is 13.8 Å². The first kappa shape index (κ1) is 26.9. The largest absolute Gasteiger partial charge is 0.507 e. The monoisotopic (exact) mass is 464 g/mol. The molecule has 8 nitrogen and oxygen atoms in total. The van der Waals surface area contributed by atoms with E-state index in [1.54, 1.807) is 19.9 Å². The molecule has 4 atom stereocenters. The van der Waals surface area contributed by atoms with E-state index in [1.165, 1.54) is 0 Å². The maximum Gasteiger partial charge on any atom is 0.303 e. The van der Waals surface area contributed by atoms with Gasteiger partial charge in [-0.25, -0.2) is 0 Å². The standard InChI is InChI=1S/C25H36O8/c1-14(6-5-7-15(2)9-11-21(27)28)8-10-18-12-20(16(3)17(4)22(18)29)33-25-24(31)23(30)19(26)13-32-25/h7-8,12,19,23-26,29-31H,5-6,9-11,13H2,1-4H3,(H,27,28)/b14-8+,15-7+/t19-,23+,24-,25+/m1/s1. The normalized spacial score (nSPS) is 24.1. The molecule has 33 heavy (non-hydrogen) atoms. The third kappa shape index (κ3) is 7.57. The third-order valence-electron chi connectivity index (χ3n) is 6.03. The molecule has 1 heterocycles. The molecule has 8 heteroatoms. The summed E-state index contributed by atoms with van der Waals surface area (Å²) in [4.78, 5) is 10.7.